The van der Waals surface area contributed by atoms with Crippen LogP contribution in [0.15, 0.2) is 41.3 Å². The molecule has 0 aromatic heterocycles. The van der Waals surface area contributed by atoms with Gasteiger partial charge >= 0.3 is 0 Å². The number of hydrogen-bond acceptors (Lipinski definition) is 5. The van der Waals surface area contributed by atoms with E-state index in [-0.39, 0.29) is 34.0 Å². The maximum atomic E-state index is 13.1. The first-order chi connectivity index (χ1) is 12.3. The molecule has 0 unspecified atom stereocenters. The van der Waals surface area contributed by atoms with Gasteiger partial charge in [-0.25, -0.2) is 8.78 Å². The molecule has 2 aromatic carbocycles. The zero-order valence-corrected chi connectivity index (χ0v) is 14.0. The summed E-state index contributed by atoms with van der Waals surface area (Å²) in [6.45, 7) is -0.0865. The third kappa shape index (κ3) is 5.24. The molecule has 2 rings (SSSR count). The molecule has 7 nitrogen and oxygen atoms in total. The molecule has 3 N–H and O–H groups in total. The molecule has 0 spiro atoms. The SMILES string of the molecule is NC(=O)c1ccc(SCC(=O)NCc2cc(F)cc(F)c2)c([N+](=O)[O-])c1. The lowest BCUT2D eigenvalue weighted by molar-refractivity contribution is -0.387. The highest BCUT2D eigenvalue weighted by atomic mass is 32.2. The molecule has 0 bridgehead atoms. The highest BCUT2D eigenvalue weighted by molar-refractivity contribution is 8.00. The van der Waals surface area contributed by atoms with Crippen molar-refractivity contribution >= 4 is 29.3 Å². The monoisotopic (exact) mass is 381 g/mol. The Morgan fingerprint density at radius 3 is 2.38 bits per heavy atom. The highest BCUT2D eigenvalue weighted by Gasteiger charge is 2.18. The van der Waals surface area contributed by atoms with E-state index in [1.165, 1.54) is 12.1 Å². The fraction of sp³-hybridized carbons (Fsp3) is 0.125. The molecule has 2 aromatic rings. The van der Waals surface area contributed by atoms with E-state index < -0.39 is 28.4 Å². The van der Waals surface area contributed by atoms with E-state index >= 15 is 0 Å². The van der Waals surface area contributed by atoms with Gasteiger partial charge in [0, 0.05) is 24.2 Å². The molecule has 0 radical (unpaired) electrons. The van der Waals surface area contributed by atoms with Gasteiger partial charge in [-0.15, -0.1) is 11.8 Å². The van der Waals surface area contributed by atoms with Crippen molar-refractivity contribution in [2.24, 2.45) is 5.73 Å². The van der Waals surface area contributed by atoms with Crippen LogP contribution in [-0.4, -0.2) is 22.5 Å². The van der Waals surface area contributed by atoms with Crippen LogP contribution in [0, 0.1) is 21.7 Å². The van der Waals surface area contributed by atoms with Crippen LogP contribution in [0.2, 0.25) is 0 Å². The molecule has 10 heteroatoms. The molecule has 0 saturated heterocycles. The quantitative estimate of drug-likeness (QED) is 0.434. The average molecular weight is 381 g/mol. The van der Waals surface area contributed by atoms with Gasteiger partial charge in [0.1, 0.15) is 11.6 Å². The van der Waals surface area contributed by atoms with E-state index in [0.29, 0.717) is 0 Å². The van der Waals surface area contributed by atoms with E-state index in [1.54, 1.807) is 0 Å². The molecule has 0 heterocycles. The van der Waals surface area contributed by atoms with Gasteiger partial charge in [0.15, 0.2) is 0 Å². The topological polar surface area (TPSA) is 115 Å². The third-order valence-corrected chi connectivity index (χ3v) is 4.27. The molecule has 136 valence electrons. The number of carbonyl (C=O) groups excluding carboxylic acids is 2. The Morgan fingerprint density at radius 2 is 1.81 bits per heavy atom. The Balaban J connectivity index is 1.98. The molecule has 0 aliphatic heterocycles. The van der Waals surface area contributed by atoms with Crippen molar-refractivity contribution in [2.45, 2.75) is 11.4 Å². The van der Waals surface area contributed by atoms with Crippen molar-refractivity contribution in [2.75, 3.05) is 5.75 Å². The summed E-state index contributed by atoms with van der Waals surface area (Å²) in [4.78, 5) is 33.5. The fourth-order valence-electron chi connectivity index (χ4n) is 2.04. The van der Waals surface area contributed by atoms with Crippen molar-refractivity contribution in [3.63, 3.8) is 0 Å². The summed E-state index contributed by atoms with van der Waals surface area (Å²) in [7, 11) is 0. The lowest BCUT2D eigenvalue weighted by Gasteiger charge is -2.07. The Kier molecular flexibility index (Phi) is 6.23. The summed E-state index contributed by atoms with van der Waals surface area (Å²) in [5, 5.41) is 13.5. The van der Waals surface area contributed by atoms with Gasteiger partial charge < -0.3 is 11.1 Å². The fourth-order valence-corrected chi connectivity index (χ4v) is 2.88. The van der Waals surface area contributed by atoms with Crippen LogP contribution in [-0.2, 0) is 11.3 Å². The van der Waals surface area contributed by atoms with Crippen LogP contribution in [0.5, 0.6) is 0 Å². The van der Waals surface area contributed by atoms with E-state index in [2.05, 4.69) is 5.32 Å². The summed E-state index contributed by atoms with van der Waals surface area (Å²) < 4.78 is 26.2. The number of nitrogens with one attached hydrogen (secondary N) is 1. The third-order valence-electron chi connectivity index (χ3n) is 3.21. The largest absolute Gasteiger partial charge is 0.366 e. The van der Waals surface area contributed by atoms with Crippen molar-refractivity contribution in [1.82, 2.24) is 5.32 Å². The van der Waals surface area contributed by atoms with Crippen LogP contribution in [0.1, 0.15) is 15.9 Å². The summed E-state index contributed by atoms with van der Waals surface area (Å²) >= 11 is 0.891. The number of amides is 2. The number of halogens is 2. The van der Waals surface area contributed by atoms with E-state index in [0.717, 1.165) is 36.0 Å². The van der Waals surface area contributed by atoms with Gasteiger partial charge in [-0.3, -0.25) is 19.7 Å². The van der Waals surface area contributed by atoms with Crippen molar-refractivity contribution in [1.29, 1.82) is 0 Å². The maximum Gasteiger partial charge on any atom is 0.283 e. The number of nitro groups is 1. The van der Waals surface area contributed by atoms with Crippen LogP contribution >= 0.6 is 11.8 Å². The van der Waals surface area contributed by atoms with E-state index in [1.807, 2.05) is 0 Å². The summed E-state index contributed by atoms with van der Waals surface area (Å²) in [6.07, 6.45) is 0. The van der Waals surface area contributed by atoms with E-state index in [9.17, 15) is 28.5 Å². The number of primary amides is 1. The number of thioether (sulfide) groups is 1. The van der Waals surface area contributed by atoms with Crippen LogP contribution in [0.4, 0.5) is 14.5 Å². The number of nitrogens with two attached hydrogens (primary N) is 1. The molecular weight excluding hydrogens is 368 g/mol. The minimum atomic E-state index is -0.801. The average Bonchev–Trinajstić information content (AvgIpc) is 2.57. The zero-order valence-electron chi connectivity index (χ0n) is 13.2. The Labute approximate surface area is 150 Å². The number of benzene rings is 2. The number of hydrogen-bond donors (Lipinski definition) is 2. The smallest absolute Gasteiger partial charge is 0.283 e. The number of rotatable bonds is 7. The van der Waals surface area contributed by atoms with Gasteiger partial charge in [-0.2, -0.15) is 0 Å². The molecule has 0 atom stereocenters. The first-order valence-corrected chi connectivity index (χ1v) is 8.17. The predicted octanol–water partition coefficient (Wildman–Crippen LogP) is 2.38. The second-order valence-electron chi connectivity index (χ2n) is 5.15. The maximum absolute atomic E-state index is 13.1. The van der Waals surface area contributed by atoms with Gasteiger partial charge in [-0.1, -0.05) is 0 Å². The second kappa shape index (κ2) is 8.39. The van der Waals surface area contributed by atoms with E-state index in [4.69, 9.17) is 5.73 Å². The van der Waals surface area contributed by atoms with Crippen LogP contribution < -0.4 is 11.1 Å². The van der Waals surface area contributed by atoms with Crippen molar-refractivity contribution in [3.8, 4) is 0 Å². The van der Waals surface area contributed by atoms with Gasteiger partial charge in [-0.05, 0) is 29.8 Å². The Bertz CT molecular complexity index is 856. The molecule has 0 saturated carbocycles. The molecule has 2 amide bonds. The highest BCUT2D eigenvalue weighted by Crippen LogP contribution is 2.29. The van der Waals surface area contributed by atoms with Crippen molar-refractivity contribution in [3.05, 3.63) is 69.3 Å². The molecule has 0 aliphatic carbocycles. The summed E-state index contributed by atoms with van der Waals surface area (Å²) in [5.41, 5.74) is 4.98. The van der Waals surface area contributed by atoms with Gasteiger partial charge in [0.25, 0.3) is 5.69 Å². The first-order valence-electron chi connectivity index (χ1n) is 7.19. The van der Waals surface area contributed by atoms with Gasteiger partial charge in [0.2, 0.25) is 11.8 Å². The minimum Gasteiger partial charge on any atom is -0.366 e. The van der Waals surface area contributed by atoms with Crippen LogP contribution in [0.25, 0.3) is 0 Å². The molecular formula is C16H13F2N3O4S. The summed E-state index contributed by atoms with van der Waals surface area (Å²) in [6, 6.07) is 6.59. The lowest BCUT2D eigenvalue weighted by Crippen LogP contribution is -2.24. The number of nitro benzene ring substituents is 1. The lowest BCUT2D eigenvalue weighted by atomic mass is 10.2. The number of carbonyl (C=O) groups is 2. The standard InChI is InChI=1S/C16H13F2N3O4S/c17-11-3-9(4-12(18)6-11)7-20-15(22)8-26-14-2-1-10(16(19)23)5-13(14)21(24)25/h1-6H,7-8H2,(H2,19,23)(H,20,22). The Morgan fingerprint density at radius 1 is 1.15 bits per heavy atom. The minimum absolute atomic E-state index is 0.0152. The van der Waals surface area contributed by atoms with Crippen LogP contribution in [0.3, 0.4) is 0 Å². The second-order valence-corrected chi connectivity index (χ2v) is 6.16. The van der Waals surface area contributed by atoms with Gasteiger partial charge in [0.05, 0.1) is 15.6 Å². The zero-order chi connectivity index (χ0) is 19.3. The number of nitrogens with zero attached hydrogens (tertiary/aromatic N) is 1. The molecule has 0 aliphatic rings. The van der Waals surface area contributed by atoms with Crippen molar-refractivity contribution < 1.29 is 23.3 Å². The first kappa shape index (κ1) is 19.3. The molecule has 0 fully saturated rings. The summed E-state index contributed by atoms with van der Waals surface area (Å²) in [5.74, 6) is -2.95. The predicted molar refractivity (Wildman–Crippen MR) is 90.5 cm³/mol. The normalized spacial score (nSPS) is 10.4. The Hall–Kier alpha value is -3.01. The molecule has 26 heavy (non-hydrogen) atoms.